The molecule has 0 aliphatic carbocycles. The van der Waals surface area contributed by atoms with E-state index in [4.69, 9.17) is 0 Å². The Balaban J connectivity index is 2.46. The van der Waals surface area contributed by atoms with Crippen LogP contribution in [-0.2, 0) is 0 Å². The molecule has 0 aromatic carbocycles. The molecular weight excluding hydrogens is 139 g/mol. The Bertz CT molecular complexity index is 69.9. The van der Waals surface area contributed by atoms with Crippen LogP contribution in [0.3, 0.4) is 0 Å². The summed E-state index contributed by atoms with van der Waals surface area (Å²) in [5.41, 5.74) is 0. The van der Waals surface area contributed by atoms with Gasteiger partial charge in [-0.05, 0) is 0 Å². The average Bonchev–Trinajstić information content (AvgIpc) is 1.72. The summed E-state index contributed by atoms with van der Waals surface area (Å²) < 4.78 is 0. The van der Waals surface area contributed by atoms with E-state index in [-0.39, 0.29) is 0 Å². The van der Waals surface area contributed by atoms with Crippen molar-refractivity contribution in [2.75, 3.05) is 0 Å². The monoisotopic (exact) mass is 145 g/mol. The predicted octanol–water partition coefficient (Wildman–Crippen LogP) is 0.936. The number of hydrogen-bond acceptors (Lipinski definition) is 0. The molecule has 0 atom stereocenters. The normalized spacial score (nSPS) is 18.7. The van der Waals surface area contributed by atoms with Crippen molar-refractivity contribution in [2.45, 2.75) is 0 Å². The fourth-order valence-electron chi connectivity index (χ4n) is 0.291. The summed E-state index contributed by atoms with van der Waals surface area (Å²) in [5.74, 6) is 0. The first-order chi connectivity index (χ1) is 3.00. The van der Waals surface area contributed by atoms with Crippen molar-refractivity contribution in [1.29, 1.82) is 0 Å². The Labute approximate surface area is 44.1 Å². The van der Waals surface area contributed by atoms with E-state index in [0.717, 1.165) is 0 Å². The molecule has 1 aliphatic heterocycles. The van der Waals surface area contributed by atoms with E-state index in [0.29, 0.717) is 15.0 Å². The van der Waals surface area contributed by atoms with Crippen LogP contribution in [0.1, 0.15) is 0 Å². The Hall–Kier alpha value is -0.000519. The van der Waals surface area contributed by atoms with E-state index in [1.807, 2.05) is 6.08 Å². The van der Waals surface area contributed by atoms with Gasteiger partial charge in [0.2, 0.25) is 0 Å². The van der Waals surface area contributed by atoms with Crippen LogP contribution >= 0.6 is 0 Å². The summed E-state index contributed by atoms with van der Waals surface area (Å²) in [4.78, 5) is 2.19. The van der Waals surface area contributed by atoms with Gasteiger partial charge in [-0.1, -0.05) is 0 Å². The average molecular weight is 144 g/mol. The summed E-state index contributed by atoms with van der Waals surface area (Å²) in [6, 6.07) is 0. The van der Waals surface area contributed by atoms with E-state index in [1.54, 1.807) is 0 Å². The molecule has 31 valence electrons. The van der Waals surface area contributed by atoms with Crippen molar-refractivity contribution in [1.82, 2.24) is 0 Å². The quantitative estimate of drug-likeness (QED) is 0.444. The number of rotatable bonds is 0. The molecule has 1 heteroatoms. The maximum atomic E-state index is 2.19. The number of allylic oxidation sites excluding steroid dienone is 3. The van der Waals surface area contributed by atoms with Gasteiger partial charge in [0.05, 0.1) is 0 Å². The summed E-state index contributed by atoms with van der Waals surface area (Å²) in [5, 5.41) is 2.19. The second-order valence-electron chi connectivity index (χ2n) is 0.986. The van der Waals surface area contributed by atoms with E-state index in [1.165, 1.54) is 0 Å². The zero-order valence-electron chi connectivity index (χ0n) is 3.29. The van der Waals surface area contributed by atoms with Crippen LogP contribution in [0.5, 0.6) is 0 Å². The van der Waals surface area contributed by atoms with Crippen molar-refractivity contribution in [2.24, 2.45) is 0 Å². The molecule has 0 fully saturated rings. The van der Waals surface area contributed by atoms with Crippen molar-refractivity contribution in [3.63, 3.8) is 0 Å². The third-order valence-corrected chi connectivity index (χ3v) is 1.86. The van der Waals surface area contributed by atoms with Gasteiger partial charge in [-0.25, -0.2) is 0 Å². The molecular formula is C5H5Se. The summed E-state index contributed by atoms with van der Waals surface area (Å²) >= 11 is 0.661. The molecule has 1 radical (unpaired) electrons. The van der Waals surface area contributed by atoms with Crippen LogP contribution in [0.15, 0.2) is 23.2 Å². The van der Waals surface area contributed by atoms with Gasteiger partial charge in [-0.15, -0.1) is 0 Å². The van der Waals surface area contributed by atoms with E-state index in [2.05, 4.69) is 22.4 Å². The molecule has 6 heavy (non-hydrogen) atoms. The van der Waals surface area contributed by atoms with Crippen LogP contribution in [0, 0.1) is 5.32 Å². The van der Waals surface area contributed by atoms with Crippen LogP contribution in [0.4, 0.5) is 0 Å². The molecule has 1 heterocycles. The first kappa shape index (κ1) is 4.17. The van der Waals surface area contributed by atoms with Crippen molar-refractivity contribution < 1.29 is 0 Å². The maximum absolute atomic E-state index is 2.19. The van der Waals surface area contributed by atoms with Crippen molar-refractivity contribution in [3.05, 3.63) is 28.5 Å². The first-order valence-electron chi connectivity index (χ1n) is 1.80. The van der Waals surface area contributed by atoms with Gasteiger partial charge in [0.15, 0.2) is 0 Å². The summed E-state index contributed by atoms with van der Waals surface area (Å²) in [6.07, 6.45) is 6.21. The third-order valence-electron chi connectivity index (χ3n) is 0.536. The standard InChI is InChI=1S/C5H5Se/c1-2-4-6-5-3-1/h1-5H. The minimum atomic E-state index is 0.661. The molecule has 0 bridgehead atoms. The van der Waals surface area contributed by atoms with Crippen molar-refractivity contribution in [3.8, 4) is 0 Å². The zero-order chi connectivity index (χ0) is 4.24. The Morgan fingerprint density at radius 3 is 2.17 bits per heavy atom. The fraction of sp³-hybridized carbons (Fsp3) is 0. The first-order valence-corrected chi connectivity index (χ1v) is 3.78. The van der Waals surface area contributed by atoms with E-state index in [9.17, 15) is 0 Å². The molecule has 1 rings (SSSR count). The van der Waals surface area contributed by atoms with Crippen LogP contribution < -0.4 is 0 Å². The van der Waals surface area contributed by atoms with Gasteiger partial charge in [-0.2, -0.15) is 0 Å². The zero-order valence-corrected chi connectivity index (χ0v) is 5.01. The molecule has 0 aromatic rings. The molecule has 0 aromatic heterocycles. The fourth-order valence-corrected chi connectivity index (χ4v) is 1.24. The number of hydrogen-bond donors (Lipinski definition) is 0. The molecule has 0 saturated carbocycles. The van der Waals surface area contributed by atoms with Gasteiger partial charge in [0.25, 0.3) is 0 Å². The van der Waals surface area contributed by atoms with Crippen LogP contribution in [0.2, 0.25) is 0 Å². The van der Waals surface area contributed by atoms with Crippen molar-refractivity contribution >= 4 is 15.0 Å². The molecule has 0 saturated heterocycles. The van der Waals surface area contributed by atoms with Gasteiger partial charge in [0, 0.05) is 0 Å². The third kappa shape index (κ3) is 1.000. The molecule has 0 unspecified atom stereocenters. The molecule has 0 N–H and O–H groups in total. The summed E-state index contributed by atoms with van der Waals surface area (Å²) in [7, 11) is 0. The van der Waals surface area contributed by atoms with E-state index >= 15 is 0 Å². The van der Waals surface area contributed by atoms with Gasteiger partial charge >= 0.3 is 43.5 Å². The van der Waals surface area contributed by atoms with Gasteiger partial charge < -0.3 is 0 Å². The van der Waals surface area contributed by atoms with Gasteiger partial charge in [0.1, 0.15) is 0 Å². The molecule has 1 aliphatic rings. The van der Waals surface area contributed by atoms with Crippen LogP contribution in [-0.4, -0.2) is 15.0 Å². The minimum absolute atomic E-state index is 0.661. The van der Waals surface area contributed by atoms with Crippen LogP contribution in [0.25, 0.3) is 0 Å². The van der Waals surface area contributed by atoms with Gasteiger partial charge in [-0.3, -0.25) is 0 Å². The Morgan fingerprint density at radius 1 is 1.00 bits per heavy atom. The SMILES string of the molecule is [CH]1C=CC=C[Se]1. The predicted molar refractivity (Wildman–Crippen MR) is 28.3 cm³/mol. The van der Waals surface area contributed by atoms with E-state index < -0.39 is 0 Å². The Kier molecular flexibility index (Phi) is 1.54. The second-order valence-corrected chi connectivity index (χ2v) is 2.70. The molecule has 0 amide bonds. The second kappa shape index (κ2) is 2.22. The Morgan fingerprint density at radius 2 is 2.00 bits per heavy atom. The molecule has 0 spiro atoms. The summed E-state index contributed by atoms with van der Waals surface area (Å²) in [6.45, 7) is 0. The molecule has 0 nitrogen and oxygen atoms in total. The topological polar surface area (TPSA) is 0 Å².